The fraction of sp³-hybridized carbons (Fsp3) is 0.375. The van der Waals surface area contributed by atoms with E-state index < -0.39 is 0 Å². The van der Waals surface area contributed by atoms with Gasteiger partial charge in [0.2, 0.25) is 0 Å². The predicted molar refractivity (Wildman–Crippen MR) is 83.8 cm³/mol. The fourth-order valence-corrected chi connectivity index (χ4v) is 1.97. The minimum atomic E-state index is -0.000915. The van der Waals surface area contributed by atoms with Crippen LogP contribution in [0.3, 0.4) is 0 Å². The summed E-state index contributed by atoms with van der Waals surface area (Å²) in [6.45, 7) is 7.03. The number of nitrogens with two attached hydrogens (primary N) is 1. The molecule has 3 N–H and O–H groups in total. The van der Waals surface area contributed by atoms with Crippen LogP contribution in [0.4, 0.5) is 0 Å². The summed E-state index contributed by atoms with van der Waals surface area (Å²) >= 11 is 0. The number of amidine groups is 1. The summed E-state index contributed by atoms with van der Waals surface area (Å²) in [5, 5.41) is 12.8. The molecule has 1 heterocycles. The van der Waals surface area contributed by atoms with Crippen LogP contribution < -0.4 is 10.5 Å². The number of para-hydroxylation sites is 1. The molecule has 0 saturated carbocycles. The zero-order valence-electron chi connectivity index (χ0n) is 12.6. The first-order chi connectivity index (χ1) is 9.92. The zero-order chi connectivity index (χ0) is 15.5. The molecule has 1 aromatic heterocycles. The van der Waals surface area contributed by atoms with Crippen molar-refractivity contribution in [2.24, 2.45) is 16.3 Å². The molecule has 2 aromatic rings. The number of aromatic nitrogens is 1. The number of fused-ring (bicyclic) bond motifs is 1. The molecule has 0 atom stereocenters. The van der Waals surface area contributed by atoms with Crippen molar-refractivity contribution in [3.63, 3.8) is 0 Å². The number of benzene rings is 1. The van der Waals surface area contributed by atoms with Crippen molar-refractivity contribution in [1.82, 2.24) is 4.98 Å². The van der Waals surface area contributed by atoms with Crippen LogP contribution in [0.2, 0.25) is 0 Å². The standard InChI is InChI=1S/C16H21N3O2/c1-16(2,3)8-9-21-14-11-6-4-5-7-13(11)18-10-12(14)15(17)19-20/h4-7,10,20H,8-9H2,1-3H3,(H2,17,19). The molecule has 0 spiro atoms. The van der Waals surface area contributed by atoms with E-state index in [9.17, 15) is 0 Å². The average molecular weight is 287 g/mol. The topological polar surface area (TPSA) is 80.7 Å². The minimum Gasteiger partial charge on any atom is -0.492 e. The van der Waals surface area contributed by atoms with E-state index in [1.807, 2.05) is 24.3 Å². The molecule has 0 saturated heterocycles. The minimum absolute atomic E-state index is 0.000915. The first-order valence-corrected chi connectivity index (χ1v) is 6.91. The Kier molecular flexibility index (Phi) is 4.31. The van der Waals surface area contributed by atoms with Crippen LogP contribution >= 0.6 is 0 Å². The van der Waals surface area contributed by atoms with Gasteiger partial charge >= 0.3 is 0 Å². The van der Waals surface area contributed by atoms with E-state index in [1.165, 1.54) is 0 Å². The second kappa shape index (κ2) is 5.99. The lowest BCUT2D eigenvalue weighted by atomic mass is 9.93. The molecule has 21 heavy (non-hydrogen) atoms. The molecule has 0 fully saturated rings. The number of nitrogens with zero attached hydrogens (tertiary/aromatic N) is 2. The Balaban J connectivity index is 2.41. The third-order valence-electron chi connectivity index (χ3n) is 3.21. The molecule has 112 valence electrons. The molecule has 0 radical (unpaired) electrons. The highest BCUT2D eigenvalue weighted by atomic mass is 16.5. The van der Waals surface area contributed by atoms with Gasteiger partial charge in [0.1, 0.15) is 5.75 Å². The first kappa shape index (κ1) is 15.1. The van der Waals surface area contributed by atoms with Gasteiger partial charge in [0, 0.05) is 11.6 Å². The van der Waals surface area contributed by atoms with Gasteiger partial charge in [0.25, 0.3) is 0 Å². The first-order valence-electron chi connectivity index (χ1n) is 6.91. The Morgan fingerprint density at radius 1 is 1.33 bits per heavy atom. The van der Waals surface area contributed by atoms with E-state index in [2.05, 4.69) is 30.9 Å². The van der Waals surface area contributed by atoms with Crippen molar-refractivity contribution in [2.45, 2.75) is 27.2 Å². The molecule has 0 aliphatic heterocycles. The molecule has 0 bridgehead atoms. The summed E-state index contributed by atoms with van der Waals surface area (Å²) in [6.07, 6.45) is 2.48. The molecule has 0 aliphatic rings. The third-order valence-corrected chi connectivity index (χ3v) is 3.21. The average Bonchev–Trinajstić information content (AvgIpc) is 2.45. The Morgan fingerprint density at radius 2 is 2.05 bits per heavy atom. The van der Waals surface area contributed by atoms with E-state index in [1.54, 1.807) is 6.20 Å². The van der Waals surface area contributed by atoms with Gasteiger partial charge in [-0.1, -0.05) is 38.1 Å². The molecule has 0 aliphatic carbocycles. The Bertz CT molecular complexity index is 660. The van der Waals surface area contributed by atoms with Crippen LogP contribution in [0.5, 0.6) is 5.75 Å². The predicted octanol–water partition coefficient (Wildman–Crippen LogP) is 3.14. The summed E-state index contributed by atoms with van der Waals surface area (Å²) in [6, 6.07) is 7.65. The Hall–Kier alpha value is -2.30. The third kappa shape index (κ3) is 3.62. The van der Waals surface area contributed by atoms with Crippen molar-refractivity contribution in [3.05, 3.63) is 36.0 Å². The van der Waals surface area contributed by atoms with Gasteiger partial charge in [-0.15, -0.1) is 0 Å². The van der Waals surface area contributed by atoms with Gasteiger partial charge in [-0.3, -0.25) is 4.98 Å². The maximum atomic E-state index is 8.92. The largest absolute Gasteiger partial charge is 0.492 e. The summed E-state index contributed by atoms with van der Waals surface area (Å²) in [5.41, 5.74) is 7.23. The number of pyridine rings is 1. The van der Waals surface area contributed by atoms with Gasteiger partial charge in [-0.05, 0) is 24.0 Å². The van der Waals surface area contributed by atoms with E-state index in [0.29, 0.717) is 17.9 Å². The molecule has 0 amide bonds. The highest BCUT2D eigenvalue weighted by Crippen LogP contribution is 2.29. The summed E-state index contributed by atoms with van der Waals surface area (Å²) in [7, 11) is 0. The monoisotopic (exact) mass is 287 g/mol. The fourth-order valence-electron chi connectivity index (χ4n) is 1.97. The molecule has 0 unspecified atom stereocenters. The number of oxime groups is 1. The van der Waals surface area contributed by atoms with Crippen LogP contribution in [-0.4, -0.2) is 22.6 Å². The van der Waals surface area contributed by atoms with Crippen LogP contribution in [0, 0.1) is 5.41 Å². The number of hydrogen-bond donors (Lipinski definition) is 2. The lowest BCUT2D eigenvalue weighted by Crippen LogP contribution is -2.17. The van der Waals surface area contributed by atoms with Crippen LogP contribution in [0.1, 0.15) is 32.8 Å². The Morgan fingerprint density at radius 3 is 2.71 bits per heavy atom. The van der Waals surface area contributed by atoms with E-state index in [4.69, 9.17) is 15.7 Å². The molecule has 5 heteroatoms. The van der Waals surface area contributed by atoms with Crippen molar-refractivity contribution in [2.75, 3.05) is 6.61 Å². The van der Waals surface area contributed by atoms with Crippen molar-refractivity contribution >= 4 is 16.7 Å². The van der Waals surface area contributed by atoms with E-state index in [0.717, 1.165) is 17.3 Å². The highest BCUT2D eigenvalue weighted by Gasteiger charge is 2.15. The van der Waals surface area contributed by atoms with Crippen LogP contribution in [0.25, 0.3) is 10.9 Å². The summed E-state index contributed by atoms with van der Waals surface area (Å²) in [4.78, 5) is 4.32. The van der Waals surface area contributed by atoms with Crippen molar-refractivity contribution in [1.29, 1.82) is 0 Å². The maximum Gasteiger partial charge on any atom is 0.175 e. The SMILES string of the molecule is CC(C)(C)CCOc1c(C(N)=NO)cnc2ccccc12. The maximum absolute atomic E-state index is 8.92. The van der Waals surface area contributed by atoms with Gasteiger partial charge in [-0.2, -0.15) is 0 Å². The van der Waals surface area contributed by atoms with Gasteiger partial charge in [0.05, 0.1) is 17.7 Å². The van der Waals surface area contributed by atoms with Gasteiger partial charge < -0.3 is 15.7 Å². The lowest BCUT2D eigenvalue weighted by Gasteiger charge is -2.19. The quantitative estimate of drug-likeness (QED) is 0.392. The molecule has 5 nitrogen and oxygen atoms in total. The van der Waals surface area contributed by atoms with Crippen molar-refractivity contribution in [3.8, 4) is 5.75 Å². The second-order valence-electron chi connectivity index (χ2n) is 6.16. The molecular formula is C16H21N3O2. The number of hydrogen-bond acceptors (Lipinski definition) is 4. The van der Waals surface area contributed by atoms with E-state index >= 15 is 0 Å². The van der Waals surface area contributed by atoms with Gasteiger partial charge in [0.15, 0.2) is 5.84 Å². The molecular weight excluding hydrogens is 266 g/mol. The van der Waals surface area contributed by atoms with Crippen LogP contribution in [0.15, 0.2) is 35.6 Å². The van der Waals surface area contributed by atoms with E-state index in [-0.39, 0.29) is 11.3 Å². The van der Waals surface area contributed by atoms with Crippen LogP contribution in [-0.2, 0) is 0 Å². The molecule has 2 rings (SSSR count). The summed E-state index contributed by atoms with van der Waals surface area (Å²) < 4.78 is 5.94. The number of ether oxygens (including phenoxy) is 1. The zero-order valence-corrected chi connectivity index (χ0v) is 12.6. The highest BCUT2D eigenvalue weighted by molar-refractivity contribution is 6.04. The summed E-state index contributed by atoms with van der Waals surface area (Å²) in [5.74, 6) is 0.610. The smallest absolute Gasteiger partial charge is 0.175 e. The Labute approximate surface area is 124 Å². The lowest BCUT2D eigenvalue weighted by molar-refractivity contribution is 0.244. The molecule has 1 aromatic carbocycles. The van der Waals surface area contributed by atoms with Gasteiger partial charge in [-0.25, -0.2) is 0 Å². The normalized spacial score (nSPS) is 12.6. The number of rotatable bonds is 4. The second-order valence-corrected chi connectivity index (χ2v) is 6.16. The van der Waals surface area contributed by atoms with Crippen molar-refractivity contribution < 1.29 is 9.94 Å².